The number of nitrogens with zero attached hydrogens (tertiary/aromatic N) is 1. The molecule has 0 aromatic carbocycles. The number of carbonyl (C=O) groups is 1. The summed E-state index contributed by atoms with van der Waals surface area (Å²) >= 11 is 0. The van der Waals surface area contributed by atoms with Crippen molar-refractivity contribution in [2.24, 2.45) is 0 Å². The summed E-state index contributed by atoms with van der Waals surface area (Å²) in [5, 5.41) is 6.53. The molecule has 112 valence electrons. The largest absolute Gasteiger partial charge is 0.355 e. The number of piperidine rings is 1. The summed E-state index contributed by atoms with van der Waals surface area (Å²) in [5.74, 6) is 0.164. The smallest absolute Gasteiger partial charge is 0.237 e. The van der Waals surface area contributed by atoms with Crippen molar-refractivity contribution >= 4 is 5.91 Å². The minimum atomic E-state index is -0.0175. The van der Waals surface area contributed by atoms with Gasteiger partial charge in [0.2, 0.25) is 5.91 Å². The Morgan fingerprint density at radius 2 is 2.05 bits per heavy atom. The molecule has 3 atom stereocenters. The van der Waals surface area contributed by atoms with Crippen molar-refractivity contribution in [1.29, 1.82) is 0 Å². The molecule has 19 heavy (non-hydrogen) atoms. The molecule has 0 bridgehead atoms. The van der Waals surface area contributed by atoms with E-state index >= 15 is 0 Å². The van der Waals surface area contributed by atoms with Gasteiger partial charge in [0, 0.05) is 18.6 Å². The summed E-state index contributed by atoms with van der Waals surface area (Å²) in [5.41, 5.74) is 0. The zero-order valence-electron chi connectivity index (χ0n) is 13.0. The van der Waals surface area contributed by atoms with Crippen LogP contribution in [0.4, 0.5) is 0 Å². The highest BCUT2D eigenvalue weighted by Gasteiger charge is 2.32. The number of hydrogen-bond donors (Lipinski definition) is 2. The highest BCUT2D eigenvalue weighted by molar-refractivity contribution is 5.81. The first-order valence-electron chi connectivity index (χ1n) is 7.88. The second kappa shape index (κ2) is 8.54. The molecule has 0 aliphatic carbocycles. The third kappa shape index (κ3) is 4.77. The number of carbonyl (C=O) groups excluding carboxylic acids is 1. The standard InChI is InChI=1S/C15H31N3O/c1-5-10-17-12(3)14-9-7-8-11-18(14)13(4)15(19)16-6-2/h12-14,17H,5-11H2,1-4H3,(H,16,19). The van der Waals surface area contributed by atoms with Crippen LogP contribution in [-0.2, 0) is 4.79 Å². The third-order valence-corrected chi connectivity index (χ3v) is 4.11. The van der Waals surface area contributed by atoms with Gasteiger partial charge in [0.15, 0.2) is 0 Å². The van der Waals surface area contributed by atoms with E-state index < -0.39 is 0 Å². The summed E-state index contributed by atoms with van der Waals surface area (Å²) in [7, 11) is 0. The molecule has 3 unspecified atom stereocenters. The van der Waals surface area contributed by atoms with Crippen LogP contribution in [0.1, 0.15) is 53.4 Å². The maximum atomic E-state index is 12.1. The van der Waals surface area contributed by atoms with E-state index in [9.17, 15) is 4.79 Å². The van der Waals surface area contributed by atoms with Gasteiger partial charge in [-0.1, -0.05) is 13.3 Å². The lowest BCUT2D eigenvalue weighted by Gasteiger charge is -2.42. The Hall–Kier alpha value is -0.610. The molecule has 4 heteroatoms. The van der Waals surface area contributed by atoms with Crippen molar-refractivity contribution in [3.05, 3.63) is 0 Å². The lowest BCUT2D eigenvalue weighted by molar-refractivity contribution is -0.127. The third-order valence-electron chi connectivity index (χ3n) is 4.11. The first-order chi connectivity index (χ1) is 9.11. The van der Waals surface area contributed by atoms with Gasteiger partial charge in [-0.3, -0.25) is 9.69 Å². The Morgan fingerprint density at radius 1 is 1.32 bits per heavy atom. The minimum Gasteiger partial charge on any atom is -0.355 e. The Balaban J connectivity index is 2.63. The molecule has 2 N–H and O–H groups in total. The quantitative estimate of drug-likeness (QED) is 0.740. The molecule has 1 fully saturated rings. The predicted molar refractivity (Wildman–Crippen MR) is 80.2 cm³/mol. The second-order valence-corrected chi connectivity index (χ2v) is 5.61. The molecule has 0 radical (unpaired) electrons. The molecule has 4 nitrogen and oxygen atoms in total. The number of rotatable bonds is 7. The van der Waals surface area contributed by atoms with Crippen LogP contribution in [0.3, 0.4) is 0 Å². The summed E-state index contributed by atoms with van der Waals surface area (Å²) in [6, 6.07) is 0.922. The molecule has 1 saturated heterocycles. The summed E-state index contributed by atoms with van der Waals surface area (Å²) in [6.07, 6.45) is 4.84. The topological polar surface area (TPSA) is 44.4 Å². The van der Waals surface area contributed by atoms with Crippen LogP contribution in [0.15, 0.2) is 0 Å². The lowest BCUT2D eigenvalue weighted by atomic mass is 9.94. The fourth-order valence-corrected chi connectivity index (χ4v) is 2.98. The Kier molecular flexibility index (Phi) is 7.39. The average molecular weight is 269 g/mol. The molecule has 1 aliphatic heterocycles. The van der Waals surface area contributed by atoms with Gasteiger partial charge in [0.05, 0.1) is 6.04 Å². The zero-order chi connectivity index (χ0) is 14.3. The number of amides is 1. The van der Waals surface area contributed by atoms with Gasteiger partial charge < -0.3 is 10.6 Å². The molecular formula is C15H31N3O. The molecule has 1 amide bonds. The Morgan fingerprint density at radius 3 is 2.68 bits per heavy atom. The fraction of sp³-hybridized carbons (Fsp3) is 0.933. The maximum Gasteiger partial charge on any atom is 0.237 e. The fourth-order valence-electron chi connectivity index (χ4n) is 2.98. The zero-order valence-corrected chi connectivity index (χ0v) is 13.0. The van der Waals surface area contributed by atoms with E-state index in [4.69, 9.17) is 0 Å². The van der Waals surface area contributed by atoms with Gasteiger partial charge in [-0.25, -0.2) is 0 Å². The van der Waals surface area contributed by atoms with E-state index in [1.165, 1.54) is 19.3 Å². The SMILES string of the molecule is CCCNC(C)C1CCCCN1C(C)C(=O)NCC. The van der Waals surface area contributed by atoms with E-state index in [1.807, 2.05) is 13.8 Å². The minimum absolute atomic E-state index is 0.0175. The number of hydrogen-bond acceptors (Lipinski definition) is 3. The van der Waals surface area contributed by atoms with Gasteiger partial charge in [0.1, 0.15) is 0 Å². The van der Waals surface area contributed by atoms with Crippen LogP contribution in [0.5, 0.6) is 0 Å². The van der Waals surface area contributed by atoms with E-state index in [2.05, 4.69) is 29.4 Å². The van der Waals surface area contributed by atoms with Crippen molar-refractivity contribution in [1.82, 2.24) is 15.5 Å². The van der Waals surface area contributed by atoms with Gasteiger partial charge in [-0.15, -0.1) is 0 Å². The summed E-state index contributed by atoms with van der Waals surface area (Å²) in [6.45, 7) is 11.3. The molecule has 0 spiro atoms. The van der Waals surface area contributed by atoms with Crippen molar-refractivity contribution in [2.45, 2.75) is 71.5 Å². The molecule has 1 aliphatic rings. The highest BCUT2D eigenvalue weighted by atomic mass is 16.2. The van der Waals surface area contributed by atoms with Crippen LogP contribution >= 0.6 is 0 Å². The number of nitrogens with one attached hydrogen (secondary N) is 2. The van der Waals surface area contributed by atoms with E-state index in [1.54, 1.807) is 0 Å². The molecule has 1 heterocycles. The normalized spacial score (nSPS) is 23.9. The maximum absolute atomic E-state index is 12.1. The number of likely N-dealkylation sites (tertiary alicyclic amines) is 1. The van der Waals surface area contributed by atoms with Crippen LogP contribution in [-0.4, -0.2) is 48.6 Å². The summed E-state index contributed by atoms with van der Waals surface area (Å²) in [4.78, 5) is 14.4. The Bertz CT molecular complexity index is 270. The monoisotopic (exact) mass is 269 g/mol. The molecule has 0 saturated carbocycles. The second-order valence-electron chi connectivity index (χ2n) is 5.61. The Labute approximate surface area is 118 Å². The van der Waals surface area contributed by atoms with Crippen molar-refractivity contribution in [2.75, 3.05) is 19.6 Å². The van der Waals surface area contributed by atoms with Crippen LogP contribution in [0.25, 0.3) is 0 Å². The van der Waals surface area contributed by atoms with Gasteiger partial charge in [-0.2, -0.15) is 0 Å². The van der Waals surface area contributed by atoms with E-state index in [0.29, 0.717) is 18.6 Å². The van der Waals surface area contributed by atoms with Crippen molar-refractivity contribution < 1.29 is 4.79 Å². The van der Waals surface area contributed by atoms with Crippen molar-refractivity contribution in [3.8, 4) is 0 Å². The first kappa shape index (κ1) is 16.4. The van der Waals surface area contributed by atoms with Crippen LogP contribution < -0.4 is 10.6 Å². The highest BCUT2D eigenvalue weighted by Crippen LogP contribution is 2.22. The van der Waals surface area contributed by atoms with E-state index in [0.717, 1.165) is 19.5 Å². The lowest BCUT2D eigenvalue weighted by Crippen LogP contribution is -2.57. The van der Waals surface area contributed by atoms with Gasteiger partial charge in [0.25, 0.3) is 0 Å². The molecule has 0 aromatic heterocycles. The van der Waals surface area contributed by atoms with Crippen LogP contribution in [0, 0.1) is 0 Å². The average Bonchev–Trinajstić information content (AvgIpc) is 2.44. The van der Waals surface area contributed by atoms with Crippen LogP contribution in [0.2, 0.25) is 0 Å². The first-order valence-corrected chi connectivity index (χ1v) is 7.88. The predicted octanol–water partition coefficient (Wildman–Crippen LogP) is 1.75. The van der Waals surface area contributed by atoms with E-state index in [-0.39, 0.29) is 11.9 Å². The molecular weight excluding hydrogens is 238 g/mol. The number of likely N-dealkylation sites (N-methyl/N-ethyl adjacent to an activating group) is 1. The van der Waals surface area contributed by atoms with Crippen molar-refractivity contribution in [3.63, 3.8) is 0 Å². The molecule has 0 aromatic rings. The molecule has 1 rings (SSSR count). The van der Waals surface area contributed by atoms with Gasteiger partial charge >= 0.3 is 0 Å². The summed E-state index contributed by atoms with van der Waals surface area (Å²) < 4.78 is 0. The van der Waals surface area contributed by atoms with Gasteiger partial charge in [-0.05, 0) is 53.1 Å².